The lowest BCUT2D eigenvalue weighted by Gasteiger charge is -1.91. The second-order valence-corrected chi connectivity index (χ2v) is 2.62. The summed E-state index contributed by atoms with van der Waals surface area (Å²) in [5.41, 5.74) is -0.564. The van der Waals surface area contributed by atoms with Crippen molar-refractivity contribution in [3.05, 3.63) is 0 Å². The largest absolute Gasteiger partial charge is 0.481 e. The first kappa shape index (κ1) is 6.09. The molecule has 1 aliphatic carbocycles. The van der Waals surface area contributed by atoms with Crippen molar-refractivity contribution in [1.82, 2.24) is 0 Å². The highest BCUT2D eigenvalue weighted by molar-refractivity contribution is 5.75. The minimum atomic E-state index is -0.848. The Morgan fingerprint density at radius 3 is 2.67 bits per heavy atom. The molecule has 1 N–H and O–H groups in total. The van der Waals surface area contributed by atoms with Crippen molar-refractivity contribution in [2.24, 2.45) is 11.3 Å². The van der Waals surface area contributed by atoms with Gasteiger partial charge in [-0.3, -0.25) is 4.79 Å². The molecule has 0 spiro atoms. The van der Waals surface area contributed by atoms with Gasteiger partial charge in [-0.2, -0.15) is 5.26 Å². The van der Waals surface area contributed by atoms with Gasteiger partial charge in [0.15, 0.2) is 0 Å². The second-order valence-electron chi connectivity index (χ2n) is 2.62. The van der Waals surface area contributed by atoms with Crippen LogP contribution in [-0.2, 0) is 4.79 Å². The van der Waals surface area contributed by atoms with E-state index in [0.29, 0.717) is 6.42 Å². The fourth-order valence-electron chi connectivity index (χ4n) is 0.849. The van der Waals surface area contributed by atoms with Gasteiger partial charge < -0.3 is 5.11 Å². The molecule has 0 aromatic carbocycles. The summed E-state index contributed by atoms with van der Waals surface area (Å²) in [5, 5.41) is 16.7. The molecule has 1 aliphatic rings. The van der Waals surface area contributed by atoms with Crippen molar-refractivity contribution in [1.29, 1.82) is 5.26 Å². The van der Waals surface area contributed by atoms with E-state index in [4.69, 9.17) is 10.4 Å². The van der Waals surface area contributed by atoms with Gasteiger partial charge in [0.25, 0.3) is 0 Å². The molecule has 0 amide bonds. The summed E-state index contributed by atoms with van der Waals surface area (Å²) in [6.07, 6.45) is 0.513. The molecule has 48 valence electrons. The molecule has 1 fully saturated rings. The maximum Gasteiger partial charge on any atom is 0.308 e. The van der Waals surface area contributed by atoms with Gasteiger partial charge in [-0.1, -0.05) is 0 Å². The molecule has 0 bridgehead atoms. The molecular formula is C6H7NO2. The van der Waals surface area contributed by atoms with E-state index in [2.05, 4.69) is 0 Å². The number of aliphatic carboxylic acids is 1. The van der Waals surface area contributed by atoms with Gasteiger partial charge in [0.1, 0.15) is 0 Å². The Balaban J connectivity index is 2.61. The number of rotatable bonds is 1. The zero-order valence-electron chi connectivity index (χ0n) is 5.09. The van der Waals surface area contributed by atoms with Crippen molar-refractivity contribution in [2.45, 2.75) is 13.3 Å². The van der Waals surface area contributed by atoms with Crippen molar-refractivity contribution < 1.29 is 9.90 Å². The highest BCUT2D eigenvalue weighted by Gasteiger charge is 2.55. The maximum atomic E-state index is 10.2. The van der Waals surface area contributed by atoms with Gasteiger partial charge in [-0.15, -0.1) is 0 Å². The van der Waals surface area contributed by atoms with Crippen molar-refractivity contribution in [3.63, 3.8) is 0 Å². The minimum absolute atomic E-state index is 0.414. The summed E-state index contributed by atoms with van der Waals surface area (Å²) in [7, 11) is 0. The number of nitrogens with zero attached hydrogens (tertiary/aromatic N) is 1. The van der Waals surface area contributed by atoms with Gasteiger partial charge in [0.2, 0.25) is 0 Å². The Morgan fingerprint density at radius 2 is 2.56 bits per heavy atom. The molecule has 2 unspecified atom stereocenters. The van der Waals surface area contributed by atoms with Crippen LogP contribution in [0.3, 0.4) is 0 Å². The predicted octanol–water partition coefficient (Wildman–Crippen LogP) is 0.621. The Hall–Kier alpha value is -1.04. The van der Waals surface area contributed by atoms with Gasteiger partial charge in [-0.05, 0) is 13.3 Å². The molecule has 0 heterocycles. The minimum Gasteiger partial charge on any atom is -0.481 e. The molecule has 3 nitrogen and oxygen atoms in total. The van der Waals surface area contributed by atoms with Crippen LogP contribution in [0.25, 0.3) is 0 Å². The first-order valence-electron chi connectivity index (χ1n) is 2.74. The Morgan fingerprint density at radius 1 is 2.00 bits per heavy atom. The third kappa shape index (κ3) is 0.765. The van der Waals surface area contributed by atoms with E-state index in [-0.39, 0.29) is 0 Å². The van der Waals surface area contributed by atoms with Gasteiger partial charge >= 0.3 is 5.97 Å². The highest BCUT2D eigenvalue weighted by Crippen LogP contribution is 2.51. The lowest BCUT2D eigenvalue weighted by atomic mass is 10.1. The third-order valence-electron chi connectivity index (χ3n) is 1.79. The van der Waals surface area contributed by atoms with E-state index < -0.39 is 17.3 Å². The third-order valence-corrected chi connectivity index (χ3v) is 1.79. The molecule has 1 rings (SSSR count). The van der Waals surface area contributed by atoms with Gasteiger partial charge in [-0.25, -0.2) is 0 Å². The maximum absolute atomic E-state index is 10.2. The fraction of sp³-hybridized carbons (Fsp3) is 0.667. The van der Waals surface area contributed by atoms with E-state index in [9.17, 15) is 4.79 Å². The molecule has 0 aromatic rings. The zero-order valence-corrected chi connectivity index (χ0v) is 5.09. The van der Waals surface area contributed by atoms with Crippen LogP contribution in [0, 0.1) is 22.7 Å². The van der Waals surface area contributed by atoms with Crippen LogP contribution in [0.1, 0.15) is 13.3 Å². The Labute approximate surface area is 52.9 Å². The summed E-state index contributed by atoms with van der Waals surface area (Å²) in [5.74, 6) is -1.26. The van der Waals surface area contributed by atoms with Crippen LogP contribution in [0.2, 0.25) is 0 Å². The van der Waals surface area contributed by atoms with Crippen LogP contribution in [0.5, 0.6) is 0 Å². The van der Waals surface area contributed by atoms with Gasteiger partial charge in [0, 0.05) is 0 Å². The summed E-state index contributed by atoms with van der Waals surface area (Å²) in [6.45, 7) is 1.67. The fourth-order valence-corrected chi connectivity index (χ4v) is 0.849. The highest BCUT2D eigenvalue weighted by atomic mass is 16.4. The molecule has 3 heteroatoms. The summed E-state index contributed by atoms with van der Waals surface area (Å²) >= 11 is 0. The number of carboxylic acids is 1. The Kier molecular flexibility index (Phi) is 0.995. The van der Waals surface area contributed by atoms with E-state index in [1.807, 2.05) is 6.07 Å². The topological polar surface area (TPSA) is 61.1 Å². The Bertz CT molecular complexity index is 194. The first-order valence-corrected chi connectivity index (χ1v) is 2.74. The molecular weight excluding hydrogens is 118 g/mol. The van der Waals surface area contributed by atoms with E-state index in [1.54, 1.807) is 6.92 Å². The van der Waals surface area contributed by atoms with Crippen LogP contribution < -0.4 is 0 Å². The molecule has 0 saturated heterocycles. The molecule has 0 aliphatic heterocycles. The predicted molar refractivity (Wildman–Crippen MR) is 29.5 cm³/mol. The number of nitriles is 1. The van der Waals surface area contributed by atoms with E-state index in [0.717, 1.165) is 0 Å². The van der Waals surface area contributed by atoms with Crippen LogP contribution in [0.15, 0.2) is 0 Å². The molecule has 2 atom stereocenters. The van der Waals surface area contributed by atoms with Crippen LogP contribution in [0.4, 0.5) is 0 Å². The standard InChI is InChI=1S/C6H7NO2/c1-6(3-7)2-4(6)5(8)9/h4H,2H2,1H3,(H,8,9). The lowest BCUT2D eigenvalue weighted by molar-refractivity contribution is -0.139. The smallest absolute Gasteiger partial charge is 0.308 e. The zero-order chi connectivity index (χ0) is 7.07. The first-order chi connectivity index (χ1) is 4.10. The number of carbonyl (C=O) groups is 1. The molecule has 0 aromatic heterocycles. The van der Waals surface area contributed by atoms with E-state index >= 15 is 0 Å². The molecule has 0 radical (unpaired) electrons. The quantitative estimate of drug-likeness (QED) is 0.558. The van der Waals surface area contributed by atoms with Crippen LogP contribution >= 0.6 is 0 Å². The lowest BCUT2D eigenvalue weighted by Crippen LogP contribution is -2.04. The average Bonchev–Trinajstić information content (AvgIpc) is 2.44. The SMILES string of the molecule is CC1(C#N)CC1C(=O)O. The number of carboxylic acid groups (broad SMARTS) is 1. The molecule has 1 saturated carbocycles. The summed E-state index contributed by atoms with van der Waals surface area (Å²) < 4.78 is 0. The normalized spacial score (nSPS) is 39.3. The van der Waals surface area contributed by atoms with Gasteiger partial charge in [0.05, 0.1) is 17.4 Å². The summed E-state index contributed by atoms with van der Waals surface area (Å²) in [6, 6.07) is 1.97. The molecule has 9 heavy (non-hydrogen) atoms. The average molecular weight is 125 g/mol. The van der Waals surface area contributed by atoms with Crippen LogP contribution in [-0.4, -0.2) is 11.1 Å². The monoisotopic (exact) mass is 125 g/mol. The van der Waals surface area contributed by atoms with Crippen molar-refractivity contribution in [2.75, 3.05) is 0 Å². The van der Waals surface area contributed by atoms with Crippen molar-refractivity contribution in [3.8, 4) is 6.07 Å². The van der Waals surface area contributed by atoms with E-state index in [1.165, 1.54) is 0 Å². The number of hydrogen-bond donors (Lipinski definition) is 1. The summed E-state index contributed by atoms with van der Waals surface area (Å²) in [4.78, 5) is 10.2. The van der Waals surface area contributed by atoms with Crippen molar-refractivity contribution >= 4 is 5.97 Å². The second kappa shape index (κ2) is 1.47. The number of hydrogen-bond acceptors (Lipinski definition) is 2.